The van der Waals surface area contributed by atoms with Crippen LogP contribution in [0.1, 0.15) is 19.0 Å². The molecule has 0 aliphatic carbocycles. The number of aromatic amines is 1. The van der Waals surface area contributed by atoms with Gasteiger partial charge in [0.1, 0.15) is 4.90 Å². The molecule has 96 valence electrons. The molecule has 2 rings (SSSR count). The highest BCUT2D eigenvalue weighted by molar-refractivity contribution is 7.89. The van der Waals surface area contributed by atoms with Gasteiger partial charge in [0.25, 0.3) is 0 Å². The van der Waals surface area contributed by atoms with Crippen molar-refractivity contribution < 1.29 is 8.42 Å². The van der Waals surface area contributed by atoms with Gasteiger partial charge in [-0.3, -0.25) is 5.10 Å². The molecule has 2 heterocycles. The van der Waals surface area contributed by atoms with Gasteiger partial charge in [0, 0.05) is 19.1 Å². The number of aromatic nitrogens is 2. The Morgan fingerprint density at radius 1 is 1.65 bits per heavy atom. The Morgan fingerprint density at radius 2 is 2.35 bits per heavy atom. The lowest BCUT2D eigenvalue weighted by Crippen LogP contribution is -2.42. The van der Waals surface area contributed by atoms with Crippen LogP contribution in [0.15, 0.2) is 11.1 Å². The minimum atomic E-state index is -3.46. The molecule has 6 nitrogen and oxygen atoms in total. The van der Waals surface area contributed by atoms with E-state index in [0.29, 0.717) is 24.7 Å². The van der Waals surface area contributed by atoms with Gasteiger partial charge in [0.15, 0.2) is 0 Å². The van der Waals surface area contributed by atoms with Crippen molar-refractivity contribution in [2.45, 2.75) is 31.2 Å². The Balaban J connectivity index is 2.37. The fourth-order valence-corrected chi connectivity index (χ4v) is 4.21. The van der Waals surface area contributed by atoms with Crippen molar-refractivity contribution in [1.82, 2.24) is 14.5 Å². The SMILES string of the molecule is Cc1[nH]ncc1S(=O)(=O)N1CCC(C)C1CN. The summed E-state index contributed by atoms with van der Waals surface area (Å²) in [6.45, 7) is 4.64. The maximum atomic E-state index is 12.4. The monoisotopic (exact) mass is 258 g/mol. The summed E-state index contributed by atoms with van der Waals surface area (Å²) in [5.41, 5.74) is 6.24. The average molecular weight is 258 g/mol. The third-order valence-electron chi connectivity index (χ3n) is 3.44. The van der Waals surface area contributed by atoms with Crippen LogP contribution in [-0.2, 0) is 10.0 Å². The molecule has 1 aliphatic rings. The minimum Gasteiger partial charge on any atom is -0.329 e. The second-order valence-electron chi connectivity index (χ2n) is 4.54. The van der Waals surface area contributed by atoms with Gasteiger partial charge in [-0.05, 0) is 19.3 Å². The Morgan fingerprint density at radius 3 is 2.88 bits per heavy atom. The van der Waals surface area contributed by atoms with Crippen molar-refractivity contribution in [2.75, 3.05) is 13.1 Å². The van der Waals surface area contributed by atoms with Gasteiger partial charge in [0.2, 0.25) is 10.0 Å². The summed E-state index contributed by atoms with van der Waals surface area (Å²) in [5, 5.41) is 6.42. The predicted octanol–water partition coefficient (Wildman–Crippen LogP) is 0.0759. The smallest absolute Gasteiger partial charge is 0.246 e. The maximum Gasteiger partial charge on any atom is 0.246 e. The number of hydrogen-bond donors (Lipinski definition) is 2. The van der Waals surface area contributed by atoms with Gasteiger partial charge in [0.05, 0.1) is 11.9 Å². The maximum absolute atomic E-state index is 12.4. The lowest BCUT2D eigenvalue weighted by Gasteiger charge is -2.24. The van der Waals surface area contributed by atoms with Gasteiger partial charge in [-0.25, -0.2) is 8.42 Å². The highest BCUT2D eigenvalue weighted by Crippen LogP contribution is 2.29. The fourth-order valence-electron chi connectivity index (χ4n) is 2.35. The average Bonchev–Trinajstić information content (AvgIpc) is 2.84. The molecule has 1 aliphatic heterocycles. The highest BCUT2D eigenvalue weighted by Gasteiger charge is 2.39. The number of sulfonamides is 1. The molecule has 1 aromatic rings. The zero-order chi connectivity index (χ0) is 12.6. The van der Waals surface area contributed by atoms with Crippen LogP contribution in [0.4, 0.5) is 0 Å². The molecule has 1 saturated heterocycles. The molecule has 7 heteroatoms. The van der Waals surface area contributed by atoms with Crippen molar-refractivity contribution in [3.05, 3.63) is 11.9 Å². The highest BCUT2D eigenvalue weighted by atomic mass is 32.2. The lowest BCUT2D eigenvalue weighted by atomic mass is 10.0. The molecule has 3 N–H and O–H groups in total. The number of H-pyrrole nitrogens is 1. The molecule has 0 spiro atoms. The zero-order valence-electron chi connectivity index (χ0n) is 10.0. The van der Waals surface area contributed by atoms with E-state index in [0.717, 1.165) is 6.42 Å². The first-order valence-corrected chi connectivity index (χ1v) is 7.14. The molecular formula is C10H18N4O2S. The van der Waals surface area contributed by atoms with Crippen LogP contribution in [0.2, 0.25) is 0 Å². The van der Waals surface area contributed by atoms with E-state index in [1.165, 1.54) is 10.5 Å². The summed E-state index contributed by atoms with van der Waals surface area (Å²) < 4.78 is 26.4. The Bertz CT molecular complexity index is 496. The third-order valence-corrected chi connectivity index (χ3v) is 5.48. The molecule has 17 heavy (non-hydrogen) atoms. The van der Waals surface area contributed by atoms with E-state index in [1.54, 1.807) is 6.92 Å². The third kappa shape index (κ3) is 1.98. The molecule has 0 aromatic carbocycles. The zero-order valence-corrected chi connectivity index (χ0v) is 10.9. The summed E-state index contributed by atoms with van der Waals surface area (Å²) in [4.78, 5) is 0.255. The van der Waals surface area contributed by atoms with Crippen LogP contribution in [-0.4, -0.2) is 42.1 Å². The first kappa shape index (κ1) is 12.5. The summed E-state index contributed by atoms with van der Waals surface area (Å²) >= 11 is 0. The van der Waals surface area contributed by atoms with Gasteiger partial charge in [-0.1, -0.05) is 6.92 Å². The van der Waals surface area contributed by atoms with Gasteiger partial charge in [-0.2, -0.15) is 9.40 Å². The van der Waals surface area contributed by atoms with E-state index in [4.69, 9.17) is 5.73 Å². The van der Waals surface area contributed by atoms with Gasteiger partial charge >= 0.3 is 0 Å². The van der Waals surface area contributed by atoms with Crippen LogP contribution in [0.3, 0.4) is 0 Å². The summed E-state index contributed by atoms with van der Waals surface area (Å²) in [6, 6.07) is -0.103. The largest absolute Gasteiger partial charge is 0.329 e. The van der Waals surface area contributed by atoms with E-state index in [2.05, 4.69) is 10.2 Å². The van der Waals surface area contributed by atoms with Crippen LogP contribution >= 0.6 is 0 Å². The minimum absolute atomic E-state index is 0.103. The van der Waals surface area contributed by atoms with Crippen molar-refractivity contribution in [1.29, 1.82) is 0 Å². The molecule has 0 bridgehead atoms. The molecule has 0 saturated carbocycles. The summed E-state index contributed by atoms with van der Waals surface area (Å²) in [7, 11) is -3.46. The standard InChI is InChI=1S/C10H18N4O2S/c1-7-3-4-14(9(7)5-11)17(15,16)10-6-12-13-8(10)2/h6-7,9H,3-5,11H2,1-2H3,(H,12,13). The van der Waals surface area contributed by atoms with E-state index in [9.17, 15) is 8.42 Å². The molecule has 2 atom stereocenters. The van der Waals surface area contributed by atoms with Crippen LogP contribution in [0, 0.1) is 12.8 Å². The van der Waals surface area contributed by atoms with E-state index >= 15 is 0 Å². The first-order valence-electron chi connectivity index (χ1n) is 5.70. The number of rotatable bonds is 3. The van der Waals surface area contributed by atoms with Crippen LogP contribution in [0.25, 0.3) is 0 Å². The quantitative estimate of drug-likeness (QED) is 0.803. The number of hydrogen-bond acceptors (Lipinski definition) is 4. The molecule has 1 fully saturated rings. The second-order valence-corrected chi connectivity index (χ2v) is 6.40. The van der Waals surface area contributed by atoms with Gasteiger partial charge in [-0.15, -0.1) is 0 Å². The summed E-state index contributed by atoms with van der Waals surface area (Å²) in [5.74, 6) is 0.307. The molecule has 0 radical (unpaired) electrons. The van der Waals surface area contributed by atoms with Crippen LogP contribution in [0.5, 0.6) is 0 Å². The number of nitrogens with two attached hydrogens (primary N) is 1. The van der Waals surface area contributed by atoms with E-state index in [1.807, 2.05) is 6.92 Å². The molecular weight excluding hydrogens is 240 g/mol. The second kappa shape index (κ2) is 4.40. The predicted molar refractivity (Wildman–Crippen MR) is 63.8 cm³/mol. The van der Waals surface area contributed by atoms with Crippen LogP contribution < -0.4 is 5.73 Å². The number of nitrogens with zero attached hydrogens (tertiary/aromatic N) is 2. The van der Waals surface area contributed by atoms with Crippen molar-refractivity contribution in [2.24, 2.45) is 11.7 Å². The number of nitrogens with one attached hydrogen (secondary N) is 1. The lowest BCUT2D eigenvalue weighted by molar-refractivity contribution is 0.354. The number of aryl methyl sites for hydroxylation is 1. The van der Waals surface area contributed by atoms with E-state index < -0.39 is 10.0 Å². The molecule has 0 amide bonds. The Hall–Kier alpha value is -0.920. The first-order chi connectivity index (χ1) is 7.98. The Kier molecular flexibility index (Phi) is 3.24. The fraction of sp³-hybridized carbons (Fsp3) is 0.700. The van der Waals surface area contributed by atoms with E-state index in [-0.39, 0.29) is 10.9 Å². The summed E-state index contributed by atoms with van der Waals surface area (Å²) in [6.07, 6.45) is 2.22. The molecule has 2 unspecified atom stereocenters. The van der Waals surface area contributed by atoms with Crippen molar-refractivity contribution in [3.8, 4) is 0 Å². The van der Waals surface area contributed by atoms with Gasteiger partial charge < -0.3 is 5.73 Å². The normalized spacial score (nSPS) is 26.5. The van der Waals surface area contributed by atoms with Crippen molar-refractivity contribution >= 4 is 10.0 Å². The topological polar surface area (TPSA) is 92.1 Å². The molecule has 1 aromatic heterocycles. The van der Waals surface area contributed by atoms with Crippen molar-refractivity contribution in [3.63, 3.8) is 0 Å². The Labute approximate surface area is 101 Å².